The molecule has 4 aliphatic heterocycles. The molecule has 58 heavy (non-hydrogen) atoms. The Kier molecular flexibility index (Phi) is 12.4. The van der Waals surface area contributed by atoms with Gasteiger partial charge in [0.15, 0.2) is 0 Å². The first-order valence-corrected chi connectivity index (χ1v) is 22.9. The predicted octanol–water partition coefficient (Wildman–Crippen LogP) is 11.2. The molecule has 0 aliphatic carbocycles. The third-order valence-corrected chi connectivity index (χ3v) is 13.1. The Morgan fingerprint density at radius 1 is 0.362 bits per heavy atom. The summed E-state index contributed by atoms with van der Waals surface area (Å²) in [7, 11) is 0. The normalized spacial score (nSPS) is 31.1. The van der Waals surface area contributed by atoms with Gasteiger partial charge in [-0.3, -0.25) is 0 Å². The maximum Gasteiger partial charge on any atom is 0.134 e. The van der Waals surface area contributed by atoms with Crippen molar-refractivity contribution in [1.82, 2.24) is 21.3 Å². The van der Waals surface area contributed by atoms with Crippen LogP contribution in [0.25, 0.3) is 10.8 Å². The van der Waals surface area contributed by atoms with Gasteiger partial charge in [-0.15, -0.1) is 0 Å². The minimum Gasteiger partial charge on any atom is -0.490 e. The van der Waals surface area contributed by atoms with Crippen LogP contribution in [0.5, 0.6) is 23.0 Å². The van der Waals surface area contributed by atoms with Crippen molar-refractivity contribution in [2.75, 3.05) is 0 Å². The smallest absolute Gasteiger partial charge is 0.134 e. The molecule has 4 heterocycles. The van der Waals surface area contributed by atoms with E-state index in [-0.39, 0.29) is 68.7 Å². The zero-order chi connectivity index (χ0) is 42.7. The molecule has 4 atom stereocenters. The molecular weight excluding hydrogens is 721 g/mol. The number of hydrogen-bond acceptors (Lipinski definition) is 8. The van der Waals surface area contributed by atoms with Crippen molar-refractivity contribution in [3.8, 4) is 23.0 Å². The van der Waals surface area contributed by atoms with E-state index in [0.717, 1.165) is 111 Å². The molecule has 6 rings (SSSR count). The molecule has 4 unspecified atom stereocenters. The van der Waals surface area contributed by atoms with Crippen LogP contribution >= 0.6 is 0 Å². The minimum atomic E-state index is -0.0811. The maximum absolute atomic E-state index is 7.32. The number of fused-ring (bicyclic) bond motifs is 1. The molecule has 0 spiro atoms. The summed E-state index contributed by atoms with van der Waals surface area (Å²) in [4.78, 5) is 0. The van der Waals surface area contributed by atoms with Crippen molar-refractivity contribution in [3.05, 3.63) is 24.3 Å². The molecule has 328 valence electrons. The van der Waals surface area contributed by atoms with Crippen LogP contribution in [-0.4, -0.2) is 68.7 Å². The zero-order valence-electron chi connectivity index (χ0n) is 39.7. The summed E-state index contributed by atoms with van der Waals surface area (Å²) < 4.78 is 28.8. The van der Waals surface area contributed by atoms with Crippen molar-refractivity contribution in [2.45, 2.75) is 257 Å². The fraction of sp³-hybridized carbons (Fsp3) is 0.800. The molecule has 2 aromatic rings. The highest BCUT2D eigenvalue weighted by Gasteiger charge is 2.40. The standard InChI is InChI=1S/C50H84N4O4/c1-43(2)21-17-34(29-47(9,10)51-43)55-38-25-33-26-39(56-35-18-22-44(3,4)52-48(11,12)30-35)28-41(58-37-20-24-46(7,8)54-50(15,16)32-37)42(33)40(27-38)57-36-19-23-45(5,6)53-49(13,14)31-36/h25-28,34-37,51-54H,17-24,29-32H2,1-16H3. The largest absolute Gasteiger partial charge is 0.490 e. The summed E-state index contributed by atoms with van der Waals surface area (Å²) in [6.07, 6.45) is 11.9. The molecular formula is C50H84N4O4. The van der Waals surface area contributed by atoms with Crippen LogP contribution in [-0.2, 0) is 0 Å². The van der Waals surface area contributed by atoms with E-state index in [1.807, 2.05) is 0 Å². The van der Waals surface area contributed by atoms with E-state index >= 15 is 0 Å². The van der Waals surface area contributed by atoms with Gasteiger partial charge in [-0.05, 0) is 180 Å². The van der Waals surface area contributed by atoms with Crippen LogP contribution in [0, 0.1) is 0 Å². The van der Waals surface area contributed by atoms with E-state index in [1.165, 1.54) is 0 Å². The summed E-state index contributed by atoms with van der Waals surface area (Å²) >= 11 is 0. The van der Waals surface area contributed by atoms with Gasteiger partial charge in [-0.25, -0.2) is 0 Å². The summed E-state index contributed by atoms with van der Waals surface area (Å²) in [5.41, 5.74) is -0.143. The summed E-state index contributed by atoms with van der Waals surface area (Å²) in [5.74, 6) is 3.38. The van der Waals surface area contributed by atoms with Crippen molar-refractivity contribution >= 4 is 10.8 Å². The number of hydrogen-bond donors (Lipinski definition) is 4. The summed E-state index contributed by atoms with van der Waals surface area (Å²) in [6, 6.07) is 8.80. The van der Waals surface area contributed by atoms with Crippen molar-refractivity contribution in [1.29, 1.82) is 0 Å². The van der Waals surface area contributed by atoms with E-state index in [4.69, 9.17) is 18.9 Å². The van der Waals surface area contributed by atoms with Gasteiger partial charge in [0.25, 0.3) is 0 Å². The van der Waals surface area contributed by atoms with E-state index in [9.17, 15) is 0 Å². The van der Waals surface area contributed by atoms with Gasteiger partial charge < -0.3 is 40.2 Å². The summed E-state index contributed by atoms with van der Waals surface area (Å²) in [5, 5.41) is 17.7. The fourth-order valence-corrected chi connectivity index (χ4v) is 11.7. The SMILES string of the molecule is CC1(C)CCC(Oc2cc(OC3CCC(C)(C)NC(C)(C)C3)c3c(OC4CCC(C)(C)NC(C)(C)C4)cc(OC4CCC(C)(C)NC(C)(C)C4)cc3c2)CC(C)(C)N1. The first-order valence-electron chi connectivity index (χ1n) is 22.9. The Labute approximate surface area is 353 Å². The second-order valence-electron chi connectivity index (χ2n) is 24.4. The Morgan fingerprint density at radius 2 is 0.621 bits per heavy atom. The van der Waals surface area contributed by atoms with Crippen molar-refractivity contribution in [2.24, 2.45) is 0 Å². The van der Waals surface area contributed by atoms with Crippen molar-refractivity contribution < 1.29 is 18.9 Å². The lowest BCUT2D eigenvalue weighted by atomic mass is 9.95. The van der Waals surface area contributed by atoms with Crippen LogP contribution in [0.4, 0.5) is 0 Å². The molecule has 4 aliphatic rings. The number of rotatable bonds is 8. The highest BCUT2D eigenvalue weighted by Crippen LogP contribution is 2.45. The molecule has 0 amide bonds. The third-order valence-electron chi connectivity index (χ3n) is 13.1. The summed E-state index contributed by atoms with van der Waals surface area (Å²) in [6.45, 7) is 37.0. The molecule has 4 saturated heterocycles. The van der Waals surface area contributed by atoms with Gasteiger partial charge in [0, 0.05) is 82.1 Å². The van der Waals surface area contributed by atoms with Crippen LogP contribution in [0.3, 0.4) is 0 Å². The lowest BCUT2D eigenvalue weighted by Crippen LogP contribution is -2.51. The van der Waals surface area contributed by atoms with Crippen LogP contribution in [0.15, 0.2) is 24.3 Å². The second kappa shape index (κ2) is 15.9. The zero-order valence-corrected chi connectivity index (χ0v) is 39.7. The second-order valence-corrected chi connectivity index (χ2v) is 24.4. The molecule has 0 saturated carbocycles. The number of benzene rings is 2. The van der Waals surface area contributed by atoms with Gasteiger partial charge in [-0.2, -0.15) is 0 Å². The average molecular weight is 805 g/mol. The van der Waals surface area contributed by atoms with Crippen LogP contribution in [0.1, 0.15) is 188 Å². The molecule has 0 radical (unpaired) electrons. The highest BCUT2D eigenvalue weighted by atomic mass is 16.5. The van der Waals surface area contributed by atoms with E-state index < -0.39 is 0 Å². The van der Waals surface area contributed by atoms with Crippen molar-refractivity contribution in [3.63, 3.8) is 0 Å². The molecule has 0 bridgehead atoms. The molecule has 8 heteroatoms. The third kappa shape index (κ3) is 12.4. The first kappa shape index (κ1) is 45.3. The van der Waals surface area contributed by atoms with Gasteiger partial charge in [0.05, 0.1) is 5.39 Å². The fourth-order valence-electron chi connectivity index (χ4n) is 11.7. The van der Waals surface area contributed by atoms with Crippen LogP contribution < -0.4 is 40.2 Å². The quantitative estimate of drug-likeness (QED) is 0.210. The van der Waals surface area contributed by atoms with Gasteiger partial charge in [-0.1, -0.05) is 0 Å². The minimum absolute atomic E-state index is 0.0225. The van der Waals surface area contributed by atoms with Gasteiger partial charge in [0.1, 0.15) is 47.4 Å². The molecule has 4 fully saturated rings. The van der Waals surface area contributed by atoms with E-state index in [0.29, 0.717) is 0 Å². The Balaban J connectivity index is 1.46. The molecule has 8 nitrogen and oxygen atoms in total. The monoisotopic (exact) mass is 805 g/mol. The predicted molar refractivity (Wildman–Crippen MR) is 242 cm³/mol. The Morgan fingerprint density at radius 3 is 0.897 bits per heavy atom. The van der Waals surface area contributed by atoms with Crippen LogP contribution in [0.2, 0.25) is 0 Å². The lowest BCUT2D eigenvalue weighted by molar-refractivity contribution is 0.147. The highest BCUT2D eigenvalue weighted by molar-refractivity contribution is 5.96. The number of ether oxygens (including phenoxy) is 4. The Bertz CT molecular complexity index is 1630. The molecule has 0 aromatic heterocycles. The van der Waals surface area contributed by atoms with Gasteiger partial charge >= 0.3 is 0 Å². The lowest BCUT2D eigenvalue weighted by Gasteiger charge is -2.35. The molecule has 2 aromatic carbocycles. The van der Waals surface area contributed by atoms with E-state index in [2.05, 4.69) is 156 Å². The van der Waals surface area contributed by atoms with E-state index in [1.54, 1.807) is 0 Å². The topological polar surface area (TPSA) is 85.0 Å². The Hall–Kier alpha value is -2.26. The maximum atomic E-state index is 7.32. The average Bonchev–Trinajstić information content (AvgIpc) is 3.30. The number of nitrogens with one attached hydrogen (secondary N) is 4. The molecule has 4 N–H and O–H groups in total. The van der Waals surface area contributed by atoms with Gasteiger partial charge in [0.2, 0.25) is 0 Å². The first-order chi connectivity index (χ1) is 26.5.